The van der Waals surface area contributed by atoms with Gasteiger partial charge in [0, 0.05) is 48.9 Å². The van der Waals surface area contributed by atoms with Crippen molar-refractivity contribution in [2.75, 3.05) is 23.7 Å². The van der Waals surface area contributed by atoms with Crippen LogP contribution in [0.1, 0.15) is 51.9 Å². The Morgan fingerprint density at radius 1 is 1.00 bits per heavy atom. The van der Waals surface area contributed by atoms with Gasteiger partial charge in [0.15, 0.2) is 0 Å². The van der Waals surface area contributed by atoms with Crippen molar-refractivity contribution in [3.8, 4) is 0 Å². The van der Waals surface area contributed by atoms with Crippen LogP contribution in [0.4, 0.5) is 11.4 Å². The second kappa shape index (κ2) is 9.16. The molecule has 3 fully saturated rings. The number of benzene rings is 1. The molecule has 0 radical (unpaired) electrons. The maximum Gasteiger partial charge on any atom is 0.230 e. The molecule has 3 amide bonds. The highest BCUT2D eigenvalue weighted by Crippen LogP contribution is 2.29. The predicted molar refractivity (Wildman–Crippen MR) is 116 cm³/mol. The molecule has 0 aromatic heterocycles. The molecule has 7 heteroatoms. The van der Waals surface area contributed by atoms with E-state index in [4.69, 9.17) is 0 Å². The summed E-state index contributed by atoms with van der Waals surface area (Å²) in [5, 5.41) is 8.72. The van der Waals surface area contributed by atoms with Crippen LogP contribution in [-0.4, -0.2) is 47.8 Å². The molecule has 7 nitrogen and oxygen atoms in total. The molecule has 30 heavy (non-hydrogen) atoms. The molecule has 0 bridgehead atoms. The molecule has 2 saturated heterocycles. The minimum absolute atomic E-state index is 0.00303. The molecule has 2 aliphatic heterocycles. The Balaban J connectivity index is 1.28. The van der Waals surface area contributed by atoms with E-state index in [0.29, 0.717) is 23.8 Å². The van der Waals surface area contributed by atoms with Crippen LogP contribution in [0.2, 0.25) is 0 Å². The number of carbonyl (C=O) groups excluding carboxylic acids is 3. The first-order valence-electron chi connectivity index (χ1n) is 11.2. The molecular weight excluding hydrogens is 380 g/mol. The molecule has 3 N–H and O–H groups in total. The predicted octanol–water partition coefficient (Wildman–Crippen LogP) is 2.74. The molecule has 1 aromatic rings. The second-order valence-electron chi connectivity index (χ2n) is 9.11. The smallest absolute Gasteiger partial charge is 0.230 e. The van der Waals surface area contributed by atoms with Crippen molar-refractivity contribution in [3.05, 3.63) is 24.3 Å². The standard InChI is InChI=1S/C23H32N4O3/c1-15-10-16(11-21(28)24-15)22(29)25-18-6-5-7-19(12-18)26-23(30)17-13-27(14-17)20-8-3-2-4-9-20/h5-7,12,15-17,20H,2-4,8-11,13-14H2,1H3,(H,24,28)(H,25,29)(H,26,30)/t15-,16+/m1/s1. The first kappa shape index (κ1) is 20.8. The van der Waals surface area contributed by atoms with Gasteiger partial charge in [-0.15, -0.1) is 0 Å². The molecule has 0 unspecified atom stereocenters. The monoisotopic (exact) mass is 412 g/mol. The topological polar surface area (TPSA) is 90.5 Å². The lowest BCUT2D eigenvalue weighted by Crippen LogP contribution is -2.56. The van der Waals surface area contributed by atoms with E-state index >= 15 is 0 Å². The number of rotatable bonds is 5. The number of likely N-dealkylation sites (tertiary alicyclic amines) is 1. The van der Waals surface area contributed by atoms with Gasteiger partial charge in [0.2, 0.25) is 17.7 Å². The van der Waals surface area contributed by atoms with Crippen LogP contribution >= 0.6 is 0 Å². The average molecular weight is 413 g/mol. The van der Waals surface area contributed by atoms with E-state index in [1.54, 1.807) is 12.1 Å². The van der Waals surface area contributed by atoms with Crippen molar-refractivity contribution in [2.24, 2.45) is 11.8 Å². The maximum absolute atomic E-state index is 12.6. The molecule has 2 atom stereocenters. The number of nitrogens with zero attached hydrogens (tertiary/aromatic N) is 1. The van der Waals surface area contributed by atoms with Gasteiger partial charge in [-0.1, -0.05) is 25.3 Å². The fourth-order valence-corrected chi connectivity index (χ4v) is 4.91. The zero-order valence-corrected chi connectivity index (χ0v) is 17.7. The zero-order chi connectivity index (χ0) is 21.1. The Labute approximate surface area is 178 Å². The minimum atomic E-state index is -0.326. The Morgan fingerprint density at radius 3 is 2.27 bits per heavy atom. The highest BCUT2D eigenvalue weighted by molar-refractivity contribution is 5.97. The lowest BCUT2D eigenvalue weighted by Gasteiger charge is -2.45. The summed E-state index contributed by atoms with van der Waals surface area (Å²) < 4.78 is 0. The molecule has 1 saturated carbocycles. The molecule has 1 aromatic carbocycles. The quantitative estimate of drug-likeness (QED) is 0.694. The summed E-state index contributed by atoms with van der Waals surface area (Å²) in [6.07, 6.45) is 7.32. The van der Waals surface area contributed by atoms with E-state index in [1.807, 2.05) is 19.1 Å². The van der Waals surface area contributed by atoms with Crippen molar-refractivity contribution in [1.29, 1.82) is 0 Å². The Morgan fingerprint density at radius 2 is 1.63 bits per heavy atom. The van der Waals surface area contributed by atoms with Gasteiger partial charge in [0.05, 0.1) is 5.92 Å². The van der Waals surface area contributed by atoms with E-state index in [2.05, 4.69) is 20.9 Å². The molecule has 2 heterocycles. The number of piperidine rings is 1. The fourth-order valence-electron chi connectivity index (χ4n) is 4.91. The van der Waals surface area contributed by atoms with Crippen LogP contribution in [0.15, 0.2) is 24.3 Å². The van der Waals surface area contributed by atoms with E-state index in [0.717, 1.165) is 13.1 Å². The maximum atomic E-state index is 12.6. The summed E-state index contributed by atoms with van der Waals surface area (Å²) in [5.41, 5.74) is 1.32. The fraction of sp³-hybridized carbons (Fsp3) is 0.609. The van der Waals surface area contributed by atoms with Crippen molar-refractivity contribution < 1.29 is 14.4 Å². The third-order valence-corrected chi connectivity index (χ3v) is 6.62. The van der Waals surface area contributed by atoms with Crippen molar-refractivity contribution >= 4 is 29.1 Å². The molecule has 4 rings (SSSR count). The number of amides is 3. The van der Waals surface area contributed by atoms with Crippen LogP contribution in [0, 0.1) is 11.8 Å². The summed E-state index contributed by atoms with van der Waals surface area (Å²) >= 11 is 0. The zero-order valence-electron chi connectivity index (χ0n) is 17.7. The normalized spacial score (nSPS) is 25.8. The van der Waals surface area contributed by atoms with Crippen molar-refractivity contribution in [3.63, 3.8) is 0 Å². The number of hydrogen-bond donors (Lipinski definition) is 3. The molecule has 162 valence electrons. The summed E-state index contributed by atoms with van der Waals surface area (Å²) in [5.74, 6) is -0.483. The molecule has 3 aliphatic rings. The van der Waals surface area contributed by atoms with Gasteiger partial charge < -0.3 is 16.0 Å². The van der Waals surface area contributed by atoms with Crippen molar-refractivity contribution in [1.82, 2.24) is 10.2 Å². The van der Waals surface area contributed by atoms with Gasteiger partial charge in [-0.3, -0.25) is 19.3 Å². The largest absolute Gasteiger partial charge is 0.354 e. The first-order chi connectivity index (χ1) is 14.5. The van der Waals surface area contributed by atoms with E-state index < -0.39 is 0 Å². The van der Waals surface area contributed by atoms with Crippen LogP contribution in [0.5, 0.6) is 0 Å². The van der Waals surface area contributed by atoms with Gasteiger partial charge in [-0.25, -0.2) is 0 Å². The lowest BCUT2D eigenvalue weighted by atomic mass is 9.88. The number of anilines is 2. The number of nitrogens with one attached hydrogen (secondary N) is 3. The third-order valence-electron chi connectivity index (χ3n) is 6.62. The van der Waals surface area contributed by atoms with Crippen molar-refractivity contribution in [2.45, 2.75) is 64.0 Å². The molecule has 1 aliphatic carbocycles. The summed E-state index contributed by atoms with van der Waals surface area (Å²) in [6, 6.07) is 7.89. The Hall–Kier alpha value is -2.41. The summed E-state index contributed by atoms with van der Waals surface area (Å²) in [4.78, 5) is 39.3. The van der Waals surface area contributed by atoms with Crippen LogP contribution < -0.4 is 16.0 Å². The van der Waals surface area contributed by atoms with Gasteiger partial charge in [-0.2, -0.15) is 0 Å². The first-order valence-corrected chi connectivity index (χ1v) is 11.2. The molecule has 0 spiro atoms. The highest BCUT2D eigenvalue weighted by atomic mass is 16.2. The lowest BCUT2D eigenvalue weighted by molar-refractivity contribution is -0.130. The summed E-state index contributed by atoms with van der Waals surface area (Å²) in [6.45, 7) is 3.59. The van der Waals surface area contributed by atoms with E-state index in [-0.39, 0.29) is 42.0 Å². The van der Waals surface area contributed by atoms with E-state index in [1.165, 1.54) is 32.1 Å². The number of hydrogen-bond acceptors (Lipinski definition) is 4. The van der Waals surface area contributed by atoms with Gasteiger partial charge >= 0.3 is 0 Å². The minimum Gasteiger partial charge on any atom is -0.354 e. The van der Waals surface area contributed by atoms with Crippen LogP contribution in [-0.2, 0) is 14.4 Å². The van der Waals surface area contributed by atoms with Crippen LogP contribution in [0.25, 0.3) is 0 Å². The Bertz CT molecular complexity index is 799. The average Bonchev–Trinajstić information content (AvgIpc) is 2.67. The SMILES string of the molecule is C[C@@H]1C[C@H](C(=O)Nc2cccc(NC(=O)C3CN(C4CCCCC4)C3)c2)CC(=O)N1. The van der Waals surface area contributed by atoms with Gasteiger partial charge in [0.1, 0.15) is 0 Å². The third kappa shape index (κ3) is 5.01. The number of carbonyl (C=O) groups is 3. The second-order valence-corrected chi connectivity index (χ2v) is 9.11. The summed E-state index contributed by atoms with van der Waals surface area (Å²) in [7, 11) is 0. The van der Waals surface area contributed by atoms with Gasteiger partial charge in [0.25, 0.3) is 0 Å². The molecular formula is C23H32N4O3. The Kier molecular flexibility index (Phi) is 6.37. The van der Waals surface area contributed by atoms with E-state index in [9.17, 15) is 14.4 Å². The van der Waals surface area contributed by atoms with Crippen LogP contribution in [0.3, 0.4) is 0 Å². The highest BCUT2D eigenvalue weighted by Gasteiger charge is 2.37. The van der Waals surface area contributed by atoms with Gasteiger partial charge in [-0.05, 0) is 44.4 Å².